The predicted octanol–water partition coefficient (Wildman–Crippen LogP) is 2.71. The summed E-state index contributed by atoms with van der Waals surface area (Å²) in [4.78, 5) is 40.0. The van der Waals surface area contributed by atoms with Crippen molar-refractivity contribution in [2.24, 2.45) is 0 Å². The molecule has 0 spiro atoms. The number of benzene rings is 1. The van der Waals surface area contributed by atoms with Crippen LogP contribution in [0.5, 0.6) is 17.2 Å². The highest BCUT2D eigenvalue weighted by atomic mass is 16.6. The lowest BCUT2D eigenvalue weighted by atomic mass is 10.1. The molecule has 0 saturated carbocycles. The molecule has 0 radical (unpaired) electrons. The first-order chi connectivity index (χ1) is 15.2. The molecule has 1 N–H and O–H groups in total. The minimum Gasteiger partial charge on any atom is -0.493 e. The Bertz CT molecular complexity index is 959. The summed E-state index contributed by atoms with van der Waals surface area (Å²) in [6, 6.07) is 9.00. The van der Waals surface area contributed by atoms with E-state index in [1.165, 1.54) is 26.3 Å². The van der Waals surface area contributed by atoms with Crippen LogP contribution in [0.2, 0.25) is 0 Å². The Balaban J connectivity index is 1.96. The van der Waals surface area contributed by atoms with Crippen LogP contribution >= 0.6 is 0 Å². The molecule has 1 heterocycles. The van der Waals surface area contributed by atoms with Crippen LogP contribution in [0.25, 0.3) is 0 Å². The second-order valence-corrected chi connectivity index (χ2v) is 7.25. The van der Waals surface area contributed by atoms with Crippen LogP contribution < -0.4 is 19.5 Å². The van der Waals surface area contributed by atoms with Crippen molar-refractivity contribution >= 4 is 17.8 Å². The van der Waals surface area contributed by atoms with Gasteiger partial charge < -0.3 is 24.3 Å². The molecule has 172 valence electrons. The first-order valence-corrected chi connectivity index (χ1v) is 10.1. The molecule has 1 atom stereocenters. The van der Waals surface area contributed by atoms with E-state index in [1.54, 1.807) is 6.92 Å². The summed E-state index contributed by atoms with van der Waals surface area (Å²) in [6.07, 6.45) is 1.36. The number of rotatable bonds is 10. The summed E-state index contributed by atoms with van der Waals surface area (Å²) in [5.41, 5.74) is 0.734. The van der Waals surface area contributed by atoms with Gasteiger partial charge in [0.2, 0.25) is 5.75 Å². The monoisotopic (exact) mass is 444 g/mol. The zero-order valence-corrected chi connectivity index (χ0v) is 18.8. The van der Waals surface area contributed by atoms with E-state index in [0.717, 1.165) is 11.3 Å². The summed E-state index contributed by atoms with van der Waals surface area (Å²) < 4.78 is 21.3. The van der Waals surface area contributed by atoms with E-state index in [0.29, 0.717) is 6.42 Å². The van der Waals surface area contributed by atoms with Crippen molar-refractivity contribution in [3.05, 3.63) is 47.8 Å². The van der Waals surface area contributed by atoms with Gasteiger partial charge in [0.05, 0.1) is 13.2 Å². The highest BCUT2D eigenvalue weighted by Crippen LogP contribution is 2.29. The molecule has 0 aliphatic heterocycles. The number of carbonyl (C=O) groups excluding carboxylic acids is 3. The molecular weight excluding hydrogens is 416 g/mol. The average molecular weight is 444 g/mol. The number of aromatic nitrogens is 1. The molecule has 1 aromatic carbocycles. The van der Waals surface area contributed by atoms with E-state index in [9.17, 15) is 14.4 Å². The SMILES string of the molecule is COc1ccnc(C(=O)NCC(=O)OC(C)Cc2ccccc2OC(C)C)c1OC(C)=O. The van der Waals surface area contributed by atoms with Crippen molar-refractivity contribution in [2.45, 2.75) is 46.3 Å². The van der Waals surface area contributed by atoms with E-state index < -0.39 is 23.9 Å². The van der Waals surface area contributed by atoms with Crippen LogP contribution in [-0.4, -0.2) is 48.7 Å². The first-order valence-electron chi connectivity index (χ1n) is 10.1. The first kappa shape index (κ1) is 24.6. The molecule has 1 amide bonds. The van der Waals surface area contributed by atoms with Crippen LogP contribution in [0.15, 0.2) is 36.5 Å². The fourth-order valence-electron chi connectivity index (χ4n) is 2.89. The van der Waals surface area contributed by atoms with Gasteiger partial charge in [0.25, 0.3) is 5.91 Å². The topological polar surface area (TPSA) is 113 Å². The maximum absolute atomic E-state index is 12.5. The number of amides is 1. The number of pyridine rings is 1. The molecule has 32 heavy (non-hydrogen) atoms. The third kappa shape index (κ3) is 7.26. The average Bonchev–Trinajstić information content (AvgIpc) is 2.72. The molecule has 2 aromatic rings. The molecule has 1 unspecified atom stereocenters. The van der Waals surface area contributed by atoms with Crippen LogP contribution in [0.1, 0.15) is 43.7 Å². The molecule has 0 fully saturated rings. The minimum absolute atomic E-state index is 0.0197. The van der Waals surface area contributed by atoms with Gasteiger partial charge in [0.1, 0.15) is 18.4 Å². The molecule has 2 rings (SSSR count). The van der Waals surface area contributed by atoms with Crippen molar-refractivity contribution in [3.63, 3.8) is 0 Å². The van der Waals surface area contributed by atoms with Gasteiger partial charge in [0.15, 0.2) is 11.4 Å². The highest BCUT2D eigenvalue weighted by Gasteiger charge is 2.22. The van der Waals surface area contributed by atoms with Crippen LogP contribution in [-0.2, 0) is 20.7 Å². The van der Waals surface area contributed by atoms with E-state index in [1.807, 2.05) is 38.1 Å². The molecule has 9 nitrogen and oxygen atoms in total. The predicted molar refractivity (Wildman–Crippen MR) is 116 cm³/mol. The minimum atomic E-state index is -0.708. The van der Waals surface area contributed by atoms with Gasteiger partial charge in [-0.3, -0.25) is 14.4 Å². The number of nitrogens with zero attached hydrogens (tertiary/aromatic N) is 1. The number of ether oxygens (including phenoxy) is 4. The van der Waals surface area contributed by atoms with E-state index in [-0.39, 0.29) is 29.8 Å². The lowest BCUT2D eigenvalue weighted by Crippen LogP contribution is -2.33. The fraction of sp³-hybridized carbons (Fsp3) is 0.391. The summed E-state index contributed by atoms with van der Waals surface area (Å²) >= 11 is 0. The normalized spacial score (nSPS) is 11.4. The van der Waals surface area contributed by atoms with Gasteiger partial charge in [-0.15, -0.1) is 0 Å². The van der Waals surface area contributed by atoms with E-state index >= 15 is 0 Å². The van der Waals surface area contributed by atoms with Crippen molar-refractivity contribution in [1.82, 2.24) is 10.3 Å². The van der Waals surface area contributed by atoms with Gasteiger partial charge in [-0.25, -0.2) is 4.98 Å². The number of para-hydroxylation sites is 1. The molecule has 0 saturated heterocycles. The molecule has 1 aromatic heterocycles. The second kappa shape index (κ2) is 11.7. The van der Waals surface area contributed by atoms with Crippen molar-refractivity contribution in [3.8, 4) is 17.2 Å². The van der Waals surface area contributed by atoms with Gasteiger partial charge >= 0.3 is 11.9 Å². The molecule has 9 heteroatoms. The largest absolute Gasteiger partial charge is 0.493 e. The summed E-state index contributed by atoms with van der Waals surface area (Å²) in [5.74, 6) is -1.19. The maximum Gasteiger partial charge on any atom is 0.325 e. The Kier molecular flexibility index (Phi) is 9.00. The second-order valence-electron chi connectivity index (χ2n) is 7.25. The highest BCUT2D eigenvalue weighted by molar-refractivity contribution is 5.98. The molecule has 0 aliphatic rings. The lowest BCUT2D eigenvalue weighted by Gasteiger charge is -2.18. The number of carbonyl (C=O) groups is 3. The van der Waals surface area contributed by atoms with Crippen LogP contribution in [0.4, 0.5) is 0 Å². The fourth-order valence-corrected chi connectivity index (χ4v) is 2.89. The van der Waals surface area contributed by atoms with Crippen LogP contribution in [0, 0.1) is 0 Å². The summed E-state index contributed by atoms with van der Waals surface area (Å²) in [6.45, 7) is 6.44. The summed E-state index contributed by atoms with van der Waals surface area (Å²) in [5, 5.41) is 2.42. The van der Waals surface area contributed by atoms with Gasteiger partial charge in [0, 0.05) is 25.6 Å². The van der Waals surface area contributed by atoms with Crippen molar-refractivity contribution < 1.29 is 33.3 Å². The number of nitrogens with one attached hydrogen (secondary N) is 1. The lowest BCUT2D eigenvalue weighted by molar-refractivity contribution is -0.146. The van der Waals surface area contributed by atoms with Gasteiger partial charge in [-0.2, -0.15) is 0 Å². The number of methoxy groups -OCH3 is 1. The zero-order chi connectivity index (χ0) is 23.7. The van der Waals surface area contributed by atoms with Gasteiger partial charge in [-0.1, -0.05) is 18.2 Å². The van der Waals surface area contributed by atoms with Crippen molar-refractivity contribution in [2.75, 3.05) is 13.7 Å². The van der Waals surface area contributed by atoms with E-state index in [4.69, 9.17) is 18.9 Å². The van der Waals surface area contributed by atoms with Crippen molar-refractivity contribution in [1.29, 1.82) is 0 Å². The quantitative estimate of drug-likeness (QED) is 0.557. The number of esters is 2. The van der Waals surface area contributed by atoms with Crippen LogP contribution in [0.3, 0.4) is 0 Å². The standard InChI is InChI=1S/C23H28N2O7/c1-14(2)30-18-9-7-6-8-17(18)12-15(3)31-20(27)13-25-23(28)21-22(32-16(4)26)19(29-5)10-11-24-21/h6-11,14-15H,12-13H2,1-5H3,(H,25,28). The maximum atomic E-state index is 12.5. The van der Waals surface area contributed by atoms with Gasteiger partial charge in [-0.05, 0) is 32.4 Å². The Morgan fingerprint density at radius 3 is 2.44 bits per heavy atom. The Morgan fingerprint density at radius 1 is 1.06 bits per heavy atom. The molecule has 0 bridgehead atoms. The Hall–Kier alpha value is -3.62. The third-order valence-electron chi connectivity index (χ3n) is 4.12. The molecule has 0 aliphatic carbocycles. The zero-order valence-electron chi connectivity index (χ0n) is 18.8. The Labute approximate surface area is 187 Å². The number of hydrogen-bond donors (Lipinski definition) is 1. The molecular formula is C23H28N2O7. The van der Waals surface area contributed by atoms with E-state index in [2.05, 4.69) is 10.3 Å². The Morgan fingerprint density at radius 2 is 1.78 bits per heavy atom. The number of hydrogen-bond acceptors (Lipinski definition) is 8. The smallest absolute Gasteiger partial charge is 0.325 e. The third-order valence-corrected chi connectivity index (χ3v) is 4.12. The summed E-state index contributed by atoms with van der Waals surface area (Å²) in [7, 11) is 1.37.